The number of fused-ring (bicyclic) bond motifs is 1. The Morgan fingerprint density at radius 1 is 1.19 bits per heavy atom. The molecule has 0 saturated carbocycles. The lowest BCUT2D eigenvalue weighted by Gasteiger charge is -2.30. The van der Waals surface area contributed by atoms with Crippen molar-refractivity contribution in [3.8, 4) is 0 Å². The van der Waals surface area contributed by atoms with Crippen LogP contribution in [0.25, 0.3) is 11.2 Å². The first-order valence-corrected chi connectivity index (χ1v) is 12.2. The standard InChI is InChI=1S/C21H28N6O3S/c1-21(2,3)16-9-7-14(8-10-16)12-27-19-17(24-25-27)20(28)23-18(22-19)15-6-5-11-26(13-15)31(4,29)30/h7-10,15H,5-6,11-13H2,1-4H3,(H,22,23,28). The topological polar surface area (TPSA) is 114 Å². The summed E-state index contributed by atoms with van der Waals surface area (Å²) in [7, 11) is -3.29. The minimum absolute atomic E-state index is 0.0715. The van der Waals surface area contributed by atoms with Crippen LogP contribution in [0.1, 0.15) is 56.5 Å². The molecule has 1 N–H and O–H groups in total. The van der Waals surface area contributed by atoms with Crippen molar-refractivity contribution < 1.29 is 8.42 Å². The molecule has 1 saturated heterocycles. The highest BCUT2D eigenvalue weighted by molar-refractivity contribution is 7.88. The van der Waals surface area contributed by atoms with Crippen LogP contribution in [0.15, 0.2) is 29.1 Å². The van der Waals surface area contributed by atoms with Crippen LogP contribution in [0.2, 0.25) is 0 Å². The zero-order chi connectivity index (χ0) is 22.4. The van der Waals surface area contributed by atoms with Gasteiger partial charge in [0.05, 0.1) is 12.8 Å². The molecular formula is C21H28N6O3S. The Morgan fingerprint density at radius 2 is 1.90 bits per heavy atom. The molecule has 1 atom stereocenters. The number of piperidine rings is 1. The van der Waals surface area contributed by atoms with Crippen molar-refractivity contribution in [2.45, 2.75) is 51.5 Å². The first-order chi connectivity index (χ1) is 14.5. The molecule has 0 spiro atoms. The van der Waals surface area contributed by atoms with Crippen molar-refractivity contribution in [3.05, 3.63) is 51.6 Å². The van der Waals surface area contributed by atoms with Crippen molar-refractivity contribution in [2.24, 2.45) is 0 Å². The van der Waals surface area contributed by atoms with E-state index in [-0.39, 0.29) is 22.4 Å². The molecule has 1 unspecified atom stereocenters. The predicted molar refractivity (Wildman–Crippen MR) is 119 cm³/mol. The second-order valence-electron chi connectivity index (χ2n) is 9.28. The highest BCUT2D eigenvalue weighted by Gasteiger charge is 2.29. The first-order valence-electron chi connectivity index (χ1n) is 10.4. The molecule has 10 heteroatoms. The third kappa shape index (κ3) is 4.54. The van der Waals surface area contributed by atoms with Crippen LogP contribution in [0.5, 0.6) is 0 Å². The van der Waals surface area contributed by atoms with Gasteiger partial charge < -0.3 is 4.98 Å². The first kappa shape index (κ1) is 21.6. The summed E-state index contributed by atoms with van der Waals surface area (Å²) in [6.07, 6.45) is 2.69. The average Bonchev–Trinajstić information content (AvgIpc) is 3.10. The van der Waals surface area contributed by atoms with Crippen molar-refractivity contribution >= 4 is 21.2 Å². The van der Waals surface area contributed by atoms with Gasteiger partial charge in [-0.2, -0.15) is 0 Å². The Morgan fingerprint density at radius 3 is 2.55 bits per heavy atom. The fourth-order valence-corrected chi connectivity index (χ4v) is 4.84. The molecule has 3 aromatic rings. The third-order valence-electron chi connectivity index (χ3n) is 5.78. The quantitative estimate of drug-likeness (QED) is 0.658. The summed E-state index contributed by atoms with van der Waals surface area (Å²) >= 11 is 0. The van der Waals surface area contributed by atoms with Gasteiger partial charge in [-0.25, -0.2) is 22.4 Å². The number of H-pyrrole nitrogens is 1. The number of aromatic amines is 1. The summed E-state index contributed by atoms with van der Waals surface area (Å²) in [4.78, 5) is 20.0. The number of aromatic nitrogens is 5. The van der Waals surface area contributed by atoms with E-state index < -0.39 is 10.0 Å². The highest BCUT2D eigenvalue weighted by atomic mass is 32.2. The molecule has 0 aliphatic carbocycles. The van der Waals surface area contributed by atoms with Gasteiger partial charge in [-0.1, -0.05) is 50.3 Å². The van der Waals surface area contributed by atoms with Gasteiger partial charge in [0.15, 0.2) is 11.2 Å². The summed E-state index contributed by atoms with van der Waals surface area (Å²) in [6, 6.07) is 8.30. The van der Waals surface area contributed by atoms with Crippen molar-refractivity contribution in [2.75, 3.05) is 19.3 Å². The zero-order valence-corrected chi connectivity index (χ0v) is 19.1. The molecule has 3 heterocycles. The number of rotatable bonds is 4. The van der Waals surface area contributed by atoms with E-state index in [2.05, 4.69) is 53.2 Å². The second-order valence-corrected chi connectivity index (χ2v) is 11.3. The molecule has 166 valence electrons. The Kier molecular flexibility index (Phi) is 5.47. The van der Waals surface area contributed by atoms with Crippen molar-refractivity contribution in [1.29, 1.82) is 0 Å². The van der Waals surface area contributed by atoms with Crippen molar-refractivity contribution in [3.63, 3.8) is 0 Å². The number of hydrogen-bond acceptors (Lipinski definition) is 6. The minimum Gasteiger partial charge on any atom is -0.308 e. The second kappa shape index (κ2) is 7.83. The molecule has 4 rings (SSSR count). The number of hydrogen-bond donors (Lipinski definition) is 1. The molecule has 31 heavy (non-hydrogen) atoms. The van der Waals surface area contributed by atoms with Gasteiger partial charge in [0.2, 0.25) is 10.0 Å². The Balaban J connectivity index is 1.65. The summed E-state index contributed by atoms with van der Waals surface area (Å²) in [5.41, 5.74) is 2.59. The SMILES string of the molecule is CC(C)(C)c1ccc(Cn2nnc3c(=O)[nH]c(C4CCCN(S(C)(=O)=O)C4)nc32)cc1. The van der Waals surface area contributed by atoms with Crippen LogP contribution in [0.4, 0.5) is 0 Å². The van der Waals surface area contributed by atoms with Crippen LogP contribution in [0, 0.1) is 0 Å². The Bertz CT molecular complexity index is 1250. The summed E-state index contributed by atoms with van der Waals surface area (Å²) in [5, 5.41) is 8.15. The molecule has 0 bridgehead atoms. The number of benzene rings is 1. The van der Waals surface area contributed by atoms with Crippen LogP contribution in [-0.2, 0) is 22.0 Å². The van der Waals surface area contributed by atoms with E-state index in [0.717, 1.165) is 18.4 Å². The molecule has 0 amide bonds. The number of nitrogens with one attached hydrogen (secondary N) is 1. The van der Waals surface area contributed by atoms with Gasteiger partial charge in [0.25, 0.3) is 5.56 Å². The van der Waals surface area contributed by atoms with E-state index in [4.69, 9.17) is 0 Å². The van der Waals surface area contributed by atoms with E-state index in [9.17, 15) is 13.2 Å². The molecule has 1 fully saturated rings. The van der Waals surface area contributed by atoms with Crippen molar-refractivity contribution in [1.82, 2.24) is 29.3 Å². The monoisotopic (exact) mass is 444 g/mol. The minimum atomic E-state index is -3.29. The van der Waals surface area contributed by atoms with Gasteiger partial charge in [0, 0.05) is 19.0 Å². The van der Waals surface area contributed by atoms with Crippen LogP contribution in [0.3, 0.4) is 0 Å². The molecule has 1 aromatic carbocycles. The maximum absolute atomic E-state index is 12.6. The van der Waals surface area contributed by atoms with E-state index >= 15 is 0 Å². The van der Waals surface area contributed by atoms with Gasteiger partial charge in [-0.05, 0) is 29.4 Å². The van der Waals surface area contributed by atoms with Gasteiger partial charge >= 0.3 is 0 Å². The average molecular weight is 445 g/mol. The fourth-order valence-electron chi connectivity index (χ4n) is 3.93. The smallest absolute Gasteiger partial charge is 0.281 e. The largest absolute Gasteiger partial charge is 0.308 e. The Labute approximate surface area is 181 Å². The van der Waals surface area contributed by atoms with E-state index in [1.165, 1.54) is 16.1 Å². The lowest BCUT2D eigenvalue weighted by molar-refractivity contribution is 0.311. The van der Waals surface area contributed by atoms with Gasteiger partial charge in [0.1, 0.15) is 5.82 Å². The number of nitrogens with zero attached hydrogens (tertiary/aromatic N) is 5. The lowest BCUT2D eigenvalue weighted by atomic mass is 9.87. The van der Waals surface area contributed by atoms with Crippen LogP contribution >= 0.6 is 0 Å². The fraction of sp³-hybridized carbons (Fsp3) is 0.524. The van der Waals surface area contributed by atoms with E-state index in [1.54, 1.807) is 4.68 Å². The summed E-state index contributed by atoms with van der Waals surface area (Å²) in [6.45, 7) is 7.74. The maximum Gasteiger partial charge on any atom is 0.281 e. The molecule has 2 aromatic heterocycles. The molecule has 9 nitrogen and oxygen atoms in total. The number of sulfonamides is 1. The maximum atomic E-state index is 12.6. The summed E-state index contributed by atoms with van der Waals surface area (Å²) < 4.78 is 27.0. The Hall–Kier alpha value is -2.59. The molecular weight excluding hydrogens is 416 g/mol. The van der Waals surface area contributed by atoms with Gasteiger partial charge in [-0.3, -0.25) is 4.79 Å². The zero-order valence-electron chi connectivity index (χ0n) is 18.3. The van der Waals surface area contributed by atoms with Crippen LogP contribution in [-0.4, -0.2) is 57.0 Å². The van der Waals surface area contributed by atoms with E-state index in [0.29, 0.717) is 31.1 Å². The molecule has 0 radical (unpaired) electrons. The summed E-state index contributed by atoms with van der Waals surface area (Å²) in [5.74, 6) is 0.312. The van der Waals surface area contributed by atoms with Crippen LogP contribution < -0.4 is 5.56 Å². The highest BCUT2D eigenvalue weighted by Crippen LogP contribution is 2.26. The third-order valence-corrected chi connectivity index (χ3v) is 7.05. The molecule has 1 aliphatic heterocycles. The normalized spacial score (nSPS) is 18.5. The molecule has 1 aliphatic rings. The van der Waals surface area contributed by atoms with E-state index in [1.807, 2.05) is 12.1 Å². The van der Waals surface area contributed by atoms with Gasteiger partial charge in [-0.15, -0.1) is 5.10 Å². The lowest BCUT2D eigenvalue weighted by Crippen LogP contribution is -2.39. The predicted octanol–water partition coefficient (Wildman–Crippen LogP) is 2.00.